The van der Waals surface area contributed by atoms with Gasteiger partial charge in [-0.05, 0) is 37.1 Å². The Labute approximate surface area is 223 Å². The second-order valence-corrected chi connectivity index (χ2v) is 11.3. The van der Waals surface area contributed by atoms with Gasteiger partial charge in [0.2, 0.25) is 0 Å². The van der Waals surface area contributed by atoms with Crippen molar-refractivity contribution in [2.45, 2.75) is 23.8 Å². The van der Waals surface area contributed by atoms with E-state index in [-0.39, 0.29) is 21.3 Å². The van der Waals surface area contributed by atoms with Crippen LogP contribution in [-0.4, -0.2) is 28.2 Å². The molecule has 0 amide bonds. The summed E-state index contributed by atoms with van der Waals surface area (Å²) < 4.78 is 36.2. The minimum absolute atomic E-state index is 0.0683. The van der Waals surface area contributed by atoms with Crippen LogP contribution in [0.3, 0.4) is 0 Å². The fourth-order valence-electron chi connectivity index (χ4n) is 3.95. The molecule has 0 bridgehead atoms. The standard InChI is InChI=1S/C27H20N6O3S2/c28-14-19-12-22(38(34,35)32-27-29-10-11-37-27)8-9-25(19)36-26-16-30-24(18-4-2-1-3-5-18)13-23(26)20-15-31-33(17-20)21-6-7-21/h1-5,8-13,15-17,21H,6-7H2,(H,29,32). The van der Waals surface area contributed by atoms with Crippen LogP contribution in [0.4, 0.5) is 5.13 Å². The third-order valence-electron chi connectivity index (χ3n) is 6.03. The van der Waals surface area contributed by atoms with Gasteiger partial charge in [-0.3, -0.25) is 14.4 Å². The van der Waals surface area contributed by atoms with Crippen molar-refractivity contribution in [2.24, 2.45) is 0 Å². The van der Waals surface area contributed by atoms with E-state index in [9.17, 15) is 13.7 Å². The first kappa shape index (κ1) is 23.8. The third-order valence-corrected chi connectivity index (χ3v) is 8.18. The molecule has 9 nitrogen and oxygen atoms in total. The number of aromatic nitrogens is 4. The SMILES string of the molecule is N#Cc1cc(S(=O)(=O)Nc2nccs2)ccc1Oc1cnc(-c2ccccc2)cc1-c1cnn(C2CC2)c1. The zero-order valence-corrected chi connectivity index (χ0v) is 21.5. The molecule has 1 fully saturated rings. The summed E-state index contributed by atoms with van der Waals surface area (Å²) in [6.07, 6.45) is 9.11. The molecule has 0 spiro atoms. The largest absolute Gasteiger partial charge is 0.454 e. The Balaban J connectivity index is 1.36. The van der Waals surface area contributed by atoms with Crippen molar-refractivity contribution in [3.63, 3.8) is 0 Å². The highest BCUT2D eigenvalue weighted by atomic mass is 32.2. The Bertz CT molecular complexity index is 1760. The molecule has 1 saturated carbocycles. The molecule has 0 radical (unpaired) electrons. The number of thiazole rings is 1. The maximum absolute atomic E-state index is 12.8. The topological polar surface area (TPSA) is 123 Å². The van der Waals surface area contributed by atoms with E-state index in [2.05, 4.69) is 19.8 Å². The number of pyridine rings is 1. The predicted molar refractivity (Wildman–Crippen MR) is 143 cm³/mol. The van der Waals surface area contributed by atoms with Gasteiger partial charge < -0.3 is 4.74 Å². The molecule has 3 heterocycles. The van der Waals surface area contributed by atoms with Crippen LogP contribution in [0.25, 0.3) is 22.4 Å². The number of hydrogen-bond acceptors (Lipinski definition) is 8. The number of rotatable bonds is 8. The summed E-state index contributed by atoms with van der Waals surface area (Å²) in [5.41, 5.74) is 3.41. The number of nitrogens with zero attached hydrogens (tertiary/aromatic N) is 5. The van der Waals surface area contributed by atoms with Gasteiger partial charge in [0.25, 0.3) is 10.0 Å². The van der Waals surface area contributed by atoms with E-state index in [1.807, 2.05) is 53.3 Å². The third kappa shape index (κ3) is 4.87. The van der Waals surface area contributed by atoms with Gasteiger partial charge in [-0.1, -0.05) is 30.3 Å². The van der Waals surface area contributed by atoms with E-state index in [4.69, 9.17) is 4.74 Å². The van der Waals surface area contributed by atoms with E-state index < -0.39 is 10.0 Å². The fraction of sp³-hybridized carbons (Fsp3) is 0.111. The van der Waals surface area contributed by atoms with Crippen molar-refractivity contribution in [1.29, 1.82) is 5.26 Å². The monoisotopic (exact) mass is 540 g/mol. The Kier molecular flexibility index (Phi) is 6.11. The quantitative estimate of drug-likeness (QED) is 0.261. The molecule has 1 N–H and O–H groups in total. The van der Waals surface area contributed by atoms with Gasteiger partial charge in [0.15, 0.2) is 10.9 Å². The van der Waals surface area contributed by atoms with Crippen molar-refractivity contribution >= 4 is 26.5 Å². The molecule has 11 heteroatoms. The van der Waals surface area contributed by atoms with Gasteiger partial charge in [0, 0.05) is 34.5 Å². The molecule has 5 aromatic rings. The highest BCUT2D eigenvalue weighted by Gasteiger charge is 2.25. The Hall–Kier alpha value is -4.53. The van der Waals surface area contributed by atoms with Crippen molar-refractivity contribution in [3.8, 4) is 40.0 Å². The van der Waals surface area contributed by atoms with Crippen LogP contribution in [0.5, 0.6) is 11.5 Å². The molecule has 6 rings (SSSR count). The molecule has 1 aliphatic carbocycles. The van der Waals surface area contributed by atoms with E-state index in [0.29, 0.717) is 11.8 Å². The minimum atomic E-state index is -3.92. The molecular formula is C27H20N6O3S2. The van der Waals surface area contributed by atoms with E-state index in [0.717, 1.165) is 46.6 Å². The van der Waals surface area contributed by atoms with Gasteiger partial charge in [0.05, 0.1) is 34.6 Å². The van der Waals surface area contributed by atoms with Crippen LogP contribution in [-0.2, 0) is 10.0 Å². The number of sulfonamides is 1. The second kappa shape index (κ2) is 9.74. The van der Waals surface area contributed by atoms with Gasteiger partial charge >= 0.3 is 0 Å². The van der Waals surface area contributed by atoms with E-state index in [1.165, 1.54) is 24.4 Å². The number of hydrogen-bond donors (Lipinski definition) is 1. The lowest BCUT2D eigenvalue weighted by Crippen LogP contribution is -2.13. The average Bonchev–Trinajstić information content (AvgIpc) is 3.44. The van der Waals surface area contributed by atoms with Crippen LogP contribution < -0.4 is 9.46 Å². The summed E-state index contributed by atoms with van der Waals surface area (Å²) in [5.74, 6) is 0.638. The Morgan fingerprint density at radius 2 is 1.87 bits per heavy atom. The Morgan fingerprint density at radius 3 is 2.61 bits per heavy atom. The lowest BCUT2D eigenvalue weighted by Gasteiger charge is -2.14. The maximum atomic E-state index is 12.8. The van der Waals surface area contributed by atoms with Crippen LogP contribution >= 0.6 is 11.3 Å². The zero-order valence-electron chi connectivity index (χ0n) is 19.9. The summed E-state index contributed by atoms with van der Waals surface area (Å²) in [7, 11) is -3.92. The van der Waals surface area contributed by atoms with Gasteiger partial charge in [0.1, 0.15) is 11.8 Å². The first-order chi connectivity index (χ1) is 18.5. The first-order valence-corrected chi connectivity index (χ1v) is 14.1. The normalized spacial score (nSPS) is 13.1. The average molecular weight is 541 g/mol. The van der Waals surface area contributed by atoms with Crippen molar-refractivity contribution in [3.05, 3.63) is 90.3 Å². The number of ether oxygens (including phenoxy) is 1. The van der Waals surface area contributed by atoms with E-state index >= 15 is 0 Å². The Morgan fingerprint density at radius 1 is 1.03 bits per heavy atom. The summed E-state index contributed by atoms with van der Waals surface area (Å²) >= 11 is 1.16. The van der Waals surface area contributed by atoms with Crippen molar-refractivity contribution in [2.75, 3.05) is 4.72 Å². The van der Waals surface area contributed by atoms with Crippen LogP contribution in [0.15, 0.2) is 89.7 Å². The van der Waals surface area contributed by atoms with Crippen molar-refractivity contribution < 1.29 is 13.2 Å². The summed E-state index contributed by atoms with van der Waals surface area (Å²) in [6.45, 7) is 0. The fourth-order valence-corrected chi connectivity index (χ4v) is 5.77. The van der Waals surface area contributed by atoms with Gasteiger partial charge in [-0.15, -0.1) is 11.3 Å². The number of nitriles is 1. The number of benzene rings is 2. The molecule has 3 aromatic heterocycles. The zero-order chi connectivity index (χ0) is 26.1. The summed E-state index contributed by atoms with van der Waals surface area (Å²) in [5, 5.41) is 16.2. The molecular weight excluding hydrogens is 520 g/mol. The van der Waals surface area contributed by atoms with Crippen LogP contribution in [0.1, 0.15) is 24.4 Å². The molecule has 38 heavy (non-hydrogen) atoms. The van der Waals surface area contributed by atoms with Gasteiger partial charge in [-0.2, -0.15) is 10.4 Å². The van der Waals surface area contributed by atoms with E-state index in [1.54, 1.807) is 17.8 Å². The van der Waals surface area contributed by atoms with Gasteiger partial charge in [-0.25, -0.2) is 13.4 Å². The molecule has 0 aliphatic heterocycles. The first-order valence-electron chi connectivity index (χ1n) is 11.7. The van der Waals surface area contributed by atoms with Crippen molar-refractivity contribution in [1.82, 2.24) is 19.7 Å². The molecule has 0 saturated heterocycles. The highest BCUT2D eigenvalue weighted by molar-refractivity contribution is 7.93. The lowest BCUT2D eigenvalue weighted by atomic mass is 10.1. The van der Waals surface area contributed by atoms with Crippen LogP contribution in [0, 0.1) is 11.3 Å². The number of nitrogens with one attached hydrogen (secondary N) is 1. The molecule has 2 aromatic carbocycles. The molecule has 0 atom stereocenters. The van der Waals surface area contributed by atoms with Crippen LogP contribution in [0.2, 0.25) is 0 Å². The molecule has 0 unspecified atom stereocenters. The highest BCUT2D eigenvalue weighted by Crippen LogP contribution is 2.39. The summed E-state index contributed by atoms with van der Waals surface area (Å²) in [6, 6.07) is 18.3. The minimum Gasteiger partial charge on any atom is -0.454 e. The molecule has 188 valence electrons. The lowest BCUT2D eigenvalue weighted by molar-refractivity contribution is 0.480. The maximum Gasteiger partial charge on any atom is 0.263 e. The molecule has 1 aliphatic rings. The smallest absolute Gasteiger partial charge is 0.263 e. The summed E-state index contributed by atoms with van der Waals surface area (Å²) in [4.78, 5) is 8.47. The second-order valence-electron chi connectivity index (χ2n) is 8.69. The predicted octanol–water partition coefficient (Wildman–Crippen LogP) is 5.87. The number of anilines is 1.